The van der Waals surface area contributed by atoms with Crippen molar-refractivity contribution in [1.29, 1.82) is 0 Å². The van der Waals surface area contributed by atoms with Gasteiger partial charge in [-0.15, -0.1) is 0 Å². The SMILES string of the molecule is [C]1=C\C/C=C\C=C\CCC/C=C/1. The van der Waals surface area contributed by atoms with E-state index in [2.05, 4.69) is 36.5 Å². The Bertz CT molecular complexity index is 182. The fourth-order valence-electron chi connectivity index (χ4n) is 1.04. The molecule has 1 aliphatic rings. The molecule has 0 heteroatoms. The van der Waals surface area contributed by atoms with Gasteiger partial charge in [-0.05, 0) is 31.8 Å². The van der Waals surface area contributed by atoms with Gasteiger partial charge in [-0.25, -0.2) is 0 Å². The van der Waals surface area contributed by atoms with Gasteiger partial charge in [0.05, 0.1) is 0 Å². The molecule has 1 rings (SSSR count). The molecule has 1 radical (unpaired) electrons. The zero-order valence-corrected chi connectivity index (χ0v) is 7.37. The molecule has 0 aromatic rings. The molecule has 63 valence electrons. The third-order valence-electron chi connectivity index (χ3n) is 1.71. The average molecular weight is 159 g/mol. The maximum absolute atomic E-state index is 3.12. The predicted octanol–water partition coefficient (Wildman–Crippen LogP) is 3.59. The minimum absolute atomic E-state index is 0.981. The minimum Gasteiger partial charge on any atom is -0.0845 e. The highest BCUT2D eigenvalue weighted by atomic mass is 13.9. The zero-order chi connectivity index (χ0) is 8.49. The molecule has 0 aromatic heterocycles. The van der Waals surface area contributed by atoms with Crippen LogP contribution in [0.25, 0.3) is 0 Å². The maximum atomic E-state index is 3.12. The second-order valence-corrected chi connectivity index (χ2v) is 2.80. The topological polar surface area (TPSA) is 0 Å². The van der Waals surface area contributed by atoms with Crippen molar-refractivity contribution >= 4 is 0 Å². The van der Waals surface area contributed by atoms with Crippen molar-refractivity contribution in [1.82, 2.24) is 0 Å². The molecule has 0 unspecified atom stereocenters. The second kappa shape index (κ2) is 6.66. The fourth-order valence-corrected chi connectivity index (χ4v) is 1.04. The number of hydrogen-bond acceptors (Lipinski definition) is 0. The minimum atomic E-state index is 0.981. The van der Waals surface area contributed by atoms with E-state index < -0.39 is 0 Å². The van der Waals surface area contributed by atoms with Crippen LogP contribution in [0.15, 0.2) is 42.5 Å². The normalized spacial score (nSPS) is 29.3. The van der Waals surface area contributed by atoms with Crippen molar-refractivity contribution in [3.05, 3.63) is 48.6 Å². The van der Waals surface area contributed by atoms with E-state index in [4.69, 9.17) is 0 Å². The van der Waals surface area contributed by atoms with Crippen LogP contribution in [-0.2, 0) is 0 Å². The molecular formula is C12H15. The lowest BCUT2D eigenvalue weighted by Gasteiger charge is -1.89. The van der Waals surface area contributed by atoms with Gasteiger partial charge >= 0.3 is 0 Å². The van der Waals surface area contributed by atoms with Gasteiger partial charge in [-0.2, -0.15) is 0 Å². The first kappa shape index (κ1) is 9.05. The van der Waals surface area contributed by atoms with Gasteiger partial charge in [0.15, 0.2) is 0 Å². The average Bonchev–Trinajstić information content (AvgIpc) is 2.05. The molecule has 0 saturated heterocycles. The lowest BCUT2D eigenvalue weighted by molar-refractivity contribution is 0.868. The van der Waals surface area contributed by atoms with E-state index >= 15 is 0 Å². The van der Waals surface area contributed by atoms with Crippen LogP contribution in [-0.4, -0.2) is 0 Å². The quantitative estimate of drug-likeness (QED) is 0.506. The number of allylic oxidation sites excluding steroid dienone is 8. The van der Waals surface area contributed by atoms with Crippen LogP contribution in [0, 0.1) is 6.08 Å². The molecular weight excluding hydrogens is 144 g/mol. The first-order chi connectivity index (χ1) is 6.00. The molecule has 0 nitrogen and oxygen atoms in total. The highest BCUT2D eigenvalue weighted by molar-refractivity contribution is 5.06. The standard InChI is InChI=1S/C12H15/c1-2-4-6-8-10-12-11-9-7-5-3-1/h1-4,7,11-12H,5-6,8,10H2/b3-1-,4-2+,9-7?,12-11+. The summed E-state index contributed by atoms with van der Waals surface area (Å²) in [5.74, 6) is 0. The lowest BCUT2D eigenvalue weighted by Crippen LogP contribution is -1.69. The van der Waals surface area contributed by atoms with E-state index in [0.717, 1.165) is 12.8 Å². The first-order valence-electron chi connectivity index (χ1n) is 4.54. The summed E-state index contributed by atoms with van der Waals surface area (Å²) in [7, 11) is 0. The van der Waals surface area contributed by atoms with E-state index in [9.17, 15) is 0 Å². The van der Waals surface area contributed by atoms with Gasteiger partial charge in [0.1, 0.15) is 0 Å². The Morgan fingerprint density at radius 2 is 1.75 bits per heavy atom. The molecule has 0 bridgehead atoms. The second-order valence-electron chi connectivity index (χ2n) is 2.80. The van der Waals surface area contributed by atoms with E-state index in [1.54, 1.807) is 0 Å². The summed E-state index contributed by atoms with van der Waals surface area (Å²) >= 11 is 0. The monoisotopic (exact) mass is 159 g/mol. The van der Waals surface area contributed by atoms with Gasteiger partial charge in [0.25, 0.3) is 0 Å². The zero-order valence-electron chi connectivity index (χ0n) is 7.37. The van der Waals surface area contributed by atoms with Crippen LogP contribution in [0.4, 0.5) is 0 Å². The highest BCUT2D eigenvalue weighted by Gasteiger charge is 1.79. The molecule has 0 aliphatic heterocycles. The van der Waals surface area contributed by atoms with Crippen LogP contribution in [0.2, 0.25) is 0 Å². The molecule has 0 N–H and O–H groups in total. The maximum Gasteiger partial charge on any atom is -0.0157 e. The first-order valence-corrected chi connectivity index (χ1v) is 4.54. The smallest absolute Gasteiger partial charge is 0.0157 e. The Kier molecular flexibility index (Phi) is 5.02. The van der Waals surface area contributed by atoms with Crippen molar-refractivity contribution in [2.75, 3.05) is 0 Å². The Balaban J connectivity index is 2.42. The van der Waals surface area contributed by atoms with Crippen LogP contribution >= 0.6 is 0 Å². The van der Waals surface area contributed by atoms with Crippen LogP contribution in [0.5, 0.6) is 0 Å². The van der Waals surface area contributed by atoms with Crippen molar-refractivity contribution in [3.63, 3.8) is 0 Å². The summed E-state index contributed by atoms with van der Waals surface area (Å²) < 4.78 is 0. The molecule has 1 aliphatic carbocycles. The summed E-state index contributed by atoms with van der Waals surface area (Å²) in [6, 6.07) is 0. The molecule has 0 aromatic carbocycles. The molecule has 0 amide bonds. The van der Waals surface area contributed by atoms with E-state index in [1.807, 2.05) is 12.2 Å². The third-order valence-corrected chi connectivity index (χ3v) is 1.71. The molecule has 0 spiro atoms. The van der Waals surface area contributed by atoms with Gasteiger partial charge in [-0.1, -0.05) is 42.5 Å². The van der Waals surface area contributed by atoms with Crippen molar-refractivity contribution in [2.24, 2.45) is 0 Å². The summed E-state index contributed by atoms with van der Waals surface area (Å²) in [6.45, 7) is 0. The van der Waals surface area contributed by atoms with Gasteiger partial charge < -0.3 is 0 Å². The molecule has 0 atom stereocenters. The van der Waals surface area contributed by atoms with Gasteiger partial charge in [-0.3, -0.25) is 0 Å². The highest BCUT2D eigenvalue weighted by Crippen LogP contribution is 1.99. The van der Waals surface area contributed by atoms with Crippen LogP contribution in [0.3, 0.4) is 0 Å². The largest absolute Gasteiger partial charge is 0.0845 e. The summed E-state index contributed by atoms with van der Waals surface area (Å²) in [5, 5.41) is 0. The van der Waals surface area contributed by atoms with E-state index in [1.165, 1.54) is 12.8 Å². The Hall–Kier alpha value is -1.04. The third kappa shape index (κ3) is 4.73. The lowest BCUT2D eigenvalue weighted by atomic mass is 10.2. The number of rotatable bonds is 0. The Morgan fingerprint density at radius 1 is 0.917 bits per heavy atom. The summed E-state index contributed by atoms with van der Waals surface area (Å²) in [4.78, 5) is 0. The number of hydrogen-bond donors (Lipinski definition) is 0. The molecule has 0 heterocycles. The van der Waals surface area contributed by atoms with Crippen LogP contribution in [0.1, 0.15) is 25.7 Å². The summed E-state index contributed by atoms with van der Waals surface area (Å²) in [6.07, 6.45) is 22.5. The van der Waals surface area contributed by atoms with Crippen molar-refractivity contribution in [2.45, 2.75) is 25.7 Å². The fraction of sp³-hybridized carbons (Fsp3) is 0.333. The molecule has 0 fully saturated rings. The van der Waals surface area contributed by atoms with Crippen LogP contribution < -0.4 is 0 Å². The molecule has 12 heavy (non-hydrogen) atoms. The Labute approximate surface area is 75.0 Å². The summed E-state index contributed by atoms with van der Waals surface area (Å²) in [5.41, 5.74) is 0. The van der Waals surface area contributed by atoms with E-state index in [0.29, 0.717) is 0 Å². The van der Waals surface area contributed by atoms with Gasteiger partial charge in [0, 0.05) is 0 Å². The predicted molar refractivity (Wildman–Crippen MR) is 53.7 cm³/mol. The van der Waals surface area contributed by atoms with Crippen molar-refractivity contribution in [3.8, 4) is 0 Å². The van der Waals surface area contributed by atoms with Gasteiger partial charge in [0.2, 0.25) is 0 Å². The van der Waals surface area contributed by atoms with Crippen molar-refractivity contribution < 1.29 is 0 Å². The van der Waals surface area contributed by atoms with E-state index in [-0.39, 0.29) is 0 Å². The molecule has 0 saturated carbocycles. The Morgan fingerprint density at radius 3 is 2.75 bits per heavy atom.